The van der Waals surface area contributed by atoms with E-state index in [9.17, 15) is 4.79 Å². The highest BCUT2D eigenvalue weighted by molar-refractivity contribution is 5.92. The highest BCUT2D eigenvalue weighted by Gasteiger charge is 2.02. The van der Waals surface area contributed by atoms with Gasteiger partial charge in [0.25, 0.3) is 0 Å². The molecule has 0 fully saturated rings. The molecule has 0 unspecified atom stereocenters. The van der Waals surface area contributed by atoms with Crippen molar-refractivity contribution in [2.75, 3.05) is 7.11 Å². The van der Waals surface area contributed by atoms with E-state index in [0.29, 0.717) is 6.54 Å². The molecule has 1 amide bonds. The second-order valence-corrected chi connectivity index (χ2v) is 3.50. The van der Waals surface area contributed by atoms with Gasteiger partial charge in [0, 0.05) is 12.1 Å². The molecule has 0 spiro atoms. The summed E-state index contributed by atoms with van der Waals surface area (Å²) in [6, 6.07) is 7.63. The van der Waals surface area contributed by atoms with Crippen molar-refractivity contribution in [3.8, 4) is 5.75 Å². The number of hydrogen-bond acceptors (Lipinski definition) is 2. The van der Waals surface area contributed by atoms with E-state index in [1.807, 2.05) is 31.2 Å². The monoisotopic (exact) mass is 219 g/mol. The number of hydrogen-bond donors (Lipinski definition) is 1. The van der Waals surface area contributed by atoms with Crippen molar-refractivity contribution in [1.29, 1.82) is 0 Å². The van der Waals surface area contributed by atoms with Gasteiger partial charge in [0.15, 0.2) is 0 Å². The number of allylic oxidation sites excluding steroid dienone is 1. The lowest BCUT2D eigenvalue weighted by atomic mass is 10.2. The Hall–Kier alpha value is -1.77. The fourth-order valence-corrected chi connectivity index (χ4v) is 1.20. The Labute approximate surface area is 96.1 Å². The first-order chi connectivity index (χ1) is 7.67. The number of carbonyl (C=O) groups is 1. The minimum Gasteiger partial charge on any atom is -0.497 e. The molecule has 0 radical (unpaired) electrons. The number of ether oxygens (including phenoxy) is 1. The van der Waals surface area contributed by atoms with E-state index in [1.165, 1.54) is 0 Å². The first kappa shape index (κ1) is 12.3. The smallest absolute Gasteiger partial charge is 0.246 e. The molecule has 16 heavy (non-hydrogen) atoms. The molecule has 0 heterocycles. The zero-order valence-electron chi connectivity index (χ0n) is 9.91. The van der Waals surface area contributed by atoms with E-state index in [2.05, 4.69) is 5.32 Å². The van der Waals surface area contributed by atoms with Gasteiger partial charge in [-0.15, -0.1) is 0 Å². The molecule has 0 saturated heterocycles. The van der Waals surface area contributed by atoms with Crippen molar-refractivity contribution in [2.45, 2.75) is 20.4 Å². The molecule has 0 saturated carbocycles. The van der Waals surface area contributed by atoms with Crippen LogP contribution in [0.1, 0.15) is 19.4 Å². The Balaban J connectivity index is 2.52. The maximum atomic E-state index is 11.5. The summed E-state index contributed by atoms with van der Waals surface area (Å²) < 4.78 is 5.05. The van der Waals surface area contributed by atoms with Crippen LogP contribution in [0.25, 0.3) is 0 Å². The quantitative estimate of drug-likeness (QED) is 0.789. The third kappa shape index (κ3) is 3.42. The lowest BCUT2D eigenvalue weighted by Crippen LogP contribution is -2.23. The van der Waals surface area contributed by atoms with Crippen LogP contribution in [0, 0.1) is 0 Å². The Morgan fingerprint density at radius 2 is 2.00 bits per heavy atom. The van der Waals surface area contributed by atoms with Gasteiger partial charge < -0.3 is 10.1 Å². The summed E-state index contributed by atoms with van der Waals surface area (Å²) in [7, 11) is 1.63. The Morgan fingerprint density at radius 1 is 1.38 bits per heavy atom. The van der Waals surface area contributed by atoms with Crippen molar-refractivity contribution in [3.63, 3.8) is 0 Å². The van der Waals surface area contributed by atoms with Crippen molar-refractivity contribution < 1.29 is 9.53 Å². The van der Waals surface area contributed by atoms with Crippen molar-refractivity contribution in [2.24, 2.45) is 0 Å². The largest absolute Gasteiger partial charge is 0.497 e. The normalized spacial score (nSPS) is 11.1. The third-order valence-corrected chi connectivity index (χ3v) is 2.40. The highest BCUT2D eigenvalue weighted by Crippen LogP contribution is 2.10. The van der Waals surface area contributed by atoms with Crippen LogP contribution in [-0.2, 0) is 11.3 Å². The summed E-state index contributed by atoms with van der Waals surface area (Å²) in [4.78, 5) is 11.5. The molecule has 0 aliphatic heterocycles. The summed E-state index contributed by atoms with van der Waals surface area (Å²) in [5, 5.41) is 2.84. The van der Waals surface area contributed by atoms with Crippen molar-refractivity contribution in [3.05, 3.63) is 41.5 Å². The van der Waals surface area contributed by atoms with Crippen LogP contribution in [0.5, 0.6) is 5.75 Å². The lowest BCUT2D eigenvalue weighted by Gasteiger charge is -2.06. The predicted octanol–water partition coefficient (Wildman–Crippen LogP) is 2.28. The highest BCUT2D eigenvalue weighted by atomic mass is 16.5. The fraction of sp³-hybridized carbons (Fsp3) is 0.308. The molecular weight excluding hydrogens is 202 g/mol. The first-order valence-corrected chi connectivity index (χ1v) is 5.21. The molecule has 0 atom stereocenters. The molecule has 1 aromatic rings. The second kappa shape index (κ2) is 5.95. The summed E-state index contributed by atoms with van der Waals surface area (Å²) in [5.74, 6) is 0.790. The van der Waals surface area contributed by atoms with Crippen LogP contribution >= 0.6 is 0 Å². The number of rotatable bonds is 4. The summed E-state index contributed by atoms with van der Waals surface area (Å²) >= 11 is 0. The third-order valence-electron chi connectivity index (χ3n) is 2.40. The number of benzene rings is 1. The van der Waals surface area contributed by atoms with Gasteiger partial charge in [-0.3, -0.25) is 4.79 Å². The summed E-state index contributed by atoms with van der Waals surface area (Å²) in [6.07, 6.45) is 1.79. The summed E-state index contributed by atoms with van der Waals surface area (Å²) in [5.41, 5.74) is 1.78. The molecule has 1 rings (SSSR count). The van der Waals surface area contributed by atoms with Gasteiger partial charge in [0.2, 0.25) is 5.91 Å². The minimum absolute atomic E-state index is 0.0293. The molecule has 1 aromatic carbocycles. The topological polar surface area (TPSA) is 38.3 Å². The van der Waals surface area contributed by atoms with Gasteiger partial charge in [-0.2, -0.15) is 0 Å². The van der Waals surface area contributed by atoms with Gasteiger partial charge in [0.1, 0.15) is 5.75 Å². The maximum absolute atomic E-state index is 11.5. The van der Waals surface area contributed by atoms with Crippen LogP contribution in [0.15, 0.2) is 35.9 Å². The number of methoxy groups -OCH3 is 1. The van der Waals surface area contributed by atoms with E-state index >= 15 is 0 Å². The van der Waals surface area contributed by atoms with Crippen LogP contribution in [-0.4, -0.2) is 13.0 Å². The lowest BCUT2D eigenvalue weighted by molar-refractivity contribution is -0.117. The molecule has 0 aliphatic carbocycles. The molecule has 86 valence electrons. The molecule has 0 bridgehead atoms. The molecular formula is C13H17NO2. The van der Waals surface area contributed by atoms with Crippen LogP contribution in [0.2, 0.25) is 0 Å². The van der Waals surface area contributed by atoms with Gasteiger partial charge in [0.05, 0.1) is 7.11 Å². The average molecular weight is 219 g/mol. The van der Waals surface area contributed by atoms with E-state index < -0.39 is 0 Å². The predicted molar refractivity (Wildman–Crippen MR) is 64.3 cm³/mol. The maximum Gasteiger partial charge on any atom is 0.246 e. The van der Waals surface area contributed by atoms with Crippen molar-refractivity contribution in [1.82, 2.24) is 5.32 Å². The Morgan fingerprint density at radius 3 is 2.50 bits per heavy atom. The summed E-state index contributed by atoms with van der Waals surface area (Å²) in [6.45, 7) is 4.18. The fourth-order valence-electron chi connectivity index (χ4n) is 1.20. The molecule has 0 aromatic heterocycles. The molecule has 3 heteroatoms. The number of amides is 1. The minimum atomic E-state index is -0.0293. The van der Waals surface area contributed by atoms with E-state index in [0.717, 1.165) is 16.9 Å². The van der Waals surface area contributed by atoms with Gasteiger partial charge in [-0.1, -0.05) is 18.2 Å². The Bertz CT molecular complexity index is 379. The average Bonchev–Trinajstić information content (AvgIpc) is 2.35. The van der Waals surface area contributed by atoms with E-state index in [-0.39, 0.29) is 5.91 Å². The van der Waals surface area contributed by atoms with Gasteiger partial charge >= 0.3 is 0 Å². The van der Waals surface area contributed by atoms with E-state index in [1.54, 1.807) is 20.1 Å². The standard InChI is InChI=1S/C13H17NO2/c1-4-10(2)13(15)14-9-11-5-7-12(16-3)8-6-11/h4-8H,9H2,1-3H3,(H,14,15)/b10-4+. The zero-order chi connectivity index (χ0) is 12.0. The molecule has 0 aliphatic rings. The van der Waals surface area contributed by atoms with Crippen LogP contribution in [0.4, 0.5) is 0 Å². The Kier molecular flexibility index (Phi) is 4.58. The van der Waals surface area contributed by atoms with Gasteiger partial charge in [-0.05, 0) is 31.5 Å². The zero-order valence-corrected chi connectivity index (χ0v) is 9.91. The number of carbonyl (C=O) groups excluding carboxylic acids is 1. The van der Waals surface area contributed by atoms with Crippen LogP contribution < -0.4 is 10.1 Å². The van der Waals surface area contributed by atoms with Crippen molar-refractivity contribution >= 4 is 5.91 Å². The van der Waals surface area contributed by atoms with Gasteiger partial charge in [-0.25, -0.2) is 0 Å². The number of nitrogens with one attached hydrogen (secondary N) is 1. The van der Waals surface area contributed by atoms with E-state index in [4.69, 9.17) is 4.74 Å². The second-order valence-electron chi connectivity index (χ2n) is 3.50. The van der Waals surface area contributed by atoms with Crippen LogP contribution in [0.3, 0.4) is 0 Å². The molecule has 3 nitrogen and oxygen atoms in total. The SMILES string of the molecule is C/C=C(\C)C(=O)NCc1ccc(OC)cc1. The molecule has 1 N–H and O–H groups in total. The first-order valence-electron chi connectivity index (χ1n) is 5.21.